The first-order chi connectivity index (χ1) is 10.1. The Morgan fingerprint density at radius 3 is 2.62 bits per heavy atom. The smallest absolute Gasteiger partial charge is 0.271 e. The van der Waals surface area contributed by atoms with E-state index >= 15 is 0 Å². The maximum Gasteiger partial charge on any atom is 0.271 e. The van der Waals surface area contributed by atoms with Crippen LogP contribution in [0.15, 0.2) is 39.9 Å². The molecule has 0 radical (unpaired) electrons. The van der Waals surface area contributed by atoms with E-state index in [1.807, 2.05) is 0 Å². The zero-order valence-corrected chi connectivity index (χ0v) is 12.9. The summed E-state index contributed by atoms with van der Waals surface area (Å²) in [5.74, 6) is -0.457. The fourth-order valence-corrected chi connectivity index (χ4v) is 4.49. The number of anilines is 2. The zero-order chi connectivity index (χ0) is 14.9. The Hall–Kier alpha value is -1.60. The van der Waals surface area contributed by atoms with E-state index in [0.717, 1.165) is 43.0 Å². The van der Waals surface area contributed by atoms with Crippen molar-refractivity contribution >= 4 is 32.7 Å². The molecule has 4 nitrogen and oxygen atoms in total. The second kappa shape index (κ2) is 5.65. The van der Waals surface area contributed by atoms with Gasteiger partial charge in [0.05, 0.1) is 11.4 Å². The summed E-state index contributed by atoms with van der Waals surface area (Å²) in [6.45, 7) is 1.72. The molecule has 0 bridgehead atoms. The highest BCUT2D eigenvalue weighted by molar-refractivity contribution is 7.94. The van der Waals surface area contributed by atoms with E-state index in [9.17, 15) is 12.8 Å². The van der Waals surface area contributed by atoms with Crippen molar-refractivity contribution in [2.24, 2.45) is 0 Å². The van der Waals surface area contributed by atoms with Crippen molar-refractivity contribution in [2.45, 2.75) is 17.1 Å². The van der Waals surface area contributed by atoms with E-state index < -0.39 is 15.8 Å². The third kappa shape index (κ3) is 3.03. The van der Waals surface area contributed by atoms with Crippen molar-refractivity contribution in [3.8, 4) is 0 Å². The van der Waals surface area contributed by atoms with E-state index in [4.69, 9.17) is 0 Å². The summed E-state index contributed by atoms with van der Waals surface area (Å²) in [6.07, 6.45) is 2.13. The Bertz CT molecular complexity index is 723. The van der Waals surface area contributed by atoms with Crippen LogP contribution in [0.4, 0.5) is 15.8 Å². The van der Waals surface area contributed by atoms with Crippen LogP contribution in [0.1, 0.15) is 12.8 Å². The SMILES string of the molecule is O=S(=O)(Nc1cc(F)ccc1N1CCCC1)c1cccs1. The van der Waals surface area contributed by atoms with E-state index in [0.29, 0.717) is 5.69 Å². The number of rotatable bonds is 4. The number of nitrogens with zero attached hydrogens (tertiary/aromatic N) is 1. The zero-order valence-electron chi connectivity index (χ0n) is 11.3. The molecule has 0 unspecified atom stereocenters. The van der Waals surface area contributed by atoms with Crippen LogP contribution in [-0.4, -0.2) is 21.5 Å². The van der Waals surface area contributed by atoms with E-state index in [2.05, 4.69) is 9.62 Å². The van der Waals surface area contributed by atoms with Gasteiger partial charge in [-0.15, -0.1) is 11.3 Å². The van der Waals surface area contributed by atoms with Gasteiger partial charge in [0.15, 0.2) is 0 Å². The minimum absolute atomic E-state index is 0.221. The Kier molecular flexibility index (Phi) is 3.86. The van der Waals surface area contributed by atoms with E-state index in [-0.39, 0.29) is 4.21 Å². The Morgan fingerprint density at radius 1 is 1.19 bits per heavy atom. The lowest BCUT2D eigenvalue weighted by atomic mass is 10.2. The van der Waals surface area contributed by atoms with Gasteiger partial charge in [-0.3, -0.25) is 4.72 Å². The lowest BCUT2D eigenvalue weighted by Crippen LogP contribution is -2.21. The Balaban J connectivity index is 1.96. The summed E-state index contributed by atoms with van der Waals surface area (Å²) in [4.78, 5) is 2.08. The standard InChI is InChI=1S/C14H15FN2O2S2/c15-11-5-6-13(17-7-1-2-8-17)12(10-11)16-21(18,19)14-4-3-9-20-14/h3-6,9-10,16H,1-2,7-8H2. The van der Waals surface area contributed by atoms with Crippen molar-refractivity contribution in [3.05, 3.63) is 41.5 Å². The molecule has 1 N–H and O–H groups in total. The lowest BCUT2D eigenvalue weighted by Gasteiger charge is -2.21. The molecule has 1 aliphatic rings. The van der Waals surface area contributed by atoms with Crippen LogP contribution in [0.25, 0.3) is 0 Å². The molecule has 0 spiro atoms. The average molecular weight is 326 g/mol. The quantitative estimate of drug-likeness (QED) is 0.938. The summed E-state index contributed by atoms with van der Waals surface area (Å²) in [6, 6.07) is 7.43. The molecule has 112 valence electrons. The van der Waals surface area contributed by atoms with Crippen molar-refractivity contribution in [1.29, 1.82) is 0 Å². The molecule has 1 aromatic heterocycles. The maximum absolute atomic E-state index is 13.5. The van der Waals surface area contributed by atoms with Gasteiger partial charge in [0.1, 0.15) is 10.0 Å². The van der Waals surface area contributed by atoms with Gasteiger partial charge in [-0.05, 0) is 36.4 Å². The molecule has 7 heteroatoms. The minimum Gasteiger partial charge on any atom is -0.370 e. The molecular weight excluding hydrogens is 311 g/mol. The number of hydrogen-bond donors (Lipinski definition) is 1. The number of benzene rings is 1. The number of sulfonamides is 1. The molecule has 1 fully saturated rings. The number of halogens is 1. The first-order valence-electron chi connectivity index (χ1n) is 6.67. The predicted octanol–water partition coefficient (Wildman–Crippen LogP) is 3.29. The van der Waals surface area contributed by atoms with E-state index in [1.54, 1.807) is 17.5 Å². The summed E-state index contributed by atoms with van der Waals surface area (Å²) < 4.78 is 40.8. The topological polar surface area (TPSA) is 49.4 Å². The minimum atomic E-state index is -3.66. The predicted molar refractivity (Wildman–Crippen MR) is 83.0 cm³/mol. The molecule has 0 amide bonds. The van der Waals surface area contributed by atoms with Gasteiger partial charge in [0.2, 0.25) is 0 Å². The van der Waals surface area contributed by atoms with Crippen molar-refractivity contribution in [2.75, 3.05) is 22.7 Å². The number of thiophene rings is 1. The molecule has 0 saturated carbocycles. The highest BCUT2D eigenvalue weighted by atomic mass is 32.2. The first kappa shape index (κ1) is 14.3. The summed E-state index contributed by atoms with van der Waals surface area (Å²) in [5, 5.41) is 1.70. The third-order valence-electron chi connectivity index (χ3n) is 3.41. The van der Waals surface area contributed by atoms with Gasteiger partial charge in [-0.2, -0.15) is 0 Å². The van der Waals surface area contributed by atoms with Crippen LogP contribution in [-0.2, 0) is 10.0 Å². The van der Waals surface area contributed by atoms with Crippen molar-refractivity contribution in [3.63, 3.8) is 0 Å². The van der Waals surface area contributed by atoms with Gasteiger partial charge in [-0.25, -0.2) is 12.8 Å². The van der Waals surface area contributed by atoms with Gasteiger partial charge >= 0.3 is 0 Å². The van der Waals surface area contributed by atoms with Crippen molar-refractivity contribution in [1.82, 2.24) is 0 Å². The Labute approximate surface area is 127 Å². The lowest BCUT2D eigenvalue weighted by molar-refractivity contribution is 0.603. The monoisotopic (exact) mass is 326 g/mol. The summed E-state index contributed by atoms with van der Waals surface area (Å²) in [5.41, 5.74) is 1.03. The van der Waals surface area contributed by atoms with E-state index in [1.165, 1.54) is 18.2 Å². The highest BCUT2D eigenvalue weighted by Gasteiger charge is 2.21. The van der Waals surface area contributed by atoms with Crippen LogP contribution < -0.4 is 9.62 Å². The molecule has 2 heterocycles. The fraction of sp³-hybridized carbons (Fsp3) is 0.286. The molecule has 0 aliphatic carbocycles. The van der Waals surface area contributed by atoms with Crippen LogP contribution in [0, 0.1) is 5.82 Å². The van der Waals surface area contributed by atoms with Gasteiger partial charge in [-0.1, -0.05) is 6.07 Å². The van der Waals surface area contributed by atoms with Crippen LogP contribution >= 0.6 is 11.3 Å². The largest absolute Gasteiger partial charge is 0.370 e. The maximum atomic E-state index is 13.5. The number of nitrogens with one attached hydrogen (secondary N) is 1. The third-order valence-corrected chi connectivity index (χ3v) is 6.17. The van der Waals surface area contributed by atoms with Gasteiger partial charge in [0.25, 0.3) is 10.0 Å². The summed E-state index contributed by atoms with van der Waals surface area (Å²) in [7, 11) is -3.66. The average Bonchev–Trinajstić information content (AvgIpc) is 3.12. The Morgan fingerprint density at radius 2 is 1.95 bits per heavy atom. The molecule has 1 saturated heterocycles. The molecule has 3 rings (SSSR count). The number of hydrogen-bond acceptors (Lipinski definition) is 4. The fourth-order valence-electron chi connectivity index (χ4n) is 2.44. The van der Waals surface area contributed by atoms with Gasteiger partial charge < -0.3 is 4.90 Å². The van der Waals surface area contributed by atoms with Crippen molar-refractivity contribution < 1.29 is 12.8 Å². The second-order valence-electron chi connectivity index (χ2n) is 4.89. The van der Waals surface area contributed by atoms with Crippen LogP contribution in [0.5, 0.6) is 0 Å². The van der Waals surface area contributed by atoms with Crippen LogP contribution in [0.2, 0.25) is 0 Å². The highest BCUT2D eigenvalue weighted by Crippen LogP contribution is 2.32. The molecule has 0 atom stereocenters. The first-order valence-corrected chi connectivity index (χ1v) is 9.03. The molecule has 1 aliphatic heterocycles. The summed E-state index contributed by atoms with van der Waals surface area (Å²) >= 11 is 1.13. The molecular formula is C14H15FN2O2S2. The second-order valence-corrected chi connectivity index (χ2v) is 7.75. The normalized spacial score (nSPS) is 15.4. The van der Waals surface area contributed by atoms with Crippen LogP contribution in [0.3, 0.4) is 0 Å². The molecule has 2 aromatic rings. The van der Waals surface area contributed by atoms with Gasteiger partial charge in [0, 0.05) is 19.2 Å². The molecule has 1 aromatic carbocycles. The molecule has 21 heavy (non-hydrogen) atoms.